The molecule has 0 spiro atoms. The van der Waals surface area contributed by atoms with Gasteiger partial charge in [-0.3, -0.25) is 5.43 Å². The zero-order valence-corrected chi connectivity index (χ0v) is 10.4. The highest BCUT2D eigenvalue weighted by Gasteiger charge is 2.04. The van der Waals surface area contributed by atoms with E-state index in [1.165, 1.54) is 0 Å². The summed E-state index contributed by atoms with van der Waals surface area (Å²) in [5.41, 5.74) is 9.51. The van der Waals surface area contributed by atoms with Crippen molar-refractivity contribution in [3.8, 4) is 11.4 Å². The average Bonchev–Trinajstić information content (AvgIpc) is 2.76. The second-order valence-electron chi connectivity index (χ2n) is 3.49. The van der Waals surface area contributed by atoms with Gasteiger partial charge < -0.3 is 10.3 Å². The van der Waals surface area contributed by atoms with Crippen molar-refractivity contribution in [2.75, 3.05) is 0 Å². The fourth-order valence-corrected chi connectivity index (χ4v) is 1.36. The Morgan fingerprint density at radius 2 is 2.17 bits per heavy atom. The van der Waals surface area contributed by atoms with E-state index in [0.717, 1.165) is 11.1 Å². The minimum Gasteiger partial charge on any atom is -0.375 e. The van der Waals surface area contributed by atoms with E-state index in [0.29, 0.717) is 11.7 Å². The Kier molecular flexibility index (Phi) is 3.63. The summed E-state index contributed by atoms with van der Waals surface area (Å²) in [6, 6.07) is 7.52. The topological polar surface area (TPSA) is 89.3 Å². The molecule has 1 aromatic carbocycles. The average molecular weight is 261 g/mol. The summed E-state index contributed by atoms with van der Waals surface area (Å²) >= 11 is 4.62. The molecule has 0 aliphatic carbocycles. The van der Waals surface area contributed by atoms with Gasteiger partial charge in [-0.15, -0.1) is 0 Å². The van der Waals surface area contributed by atoms with E-state index >= 15 is 0 Å². The summed E-state index contributed by atoms with van der Waals surface area (Å²) < 4.78 is 4.91. The Labute approximate surface area is 109 Å². The van der Waals surface area contributed by atoms with Crippen LogP contribution < -0.4 is 11.2 Å². The molecule has 0 amide bonds. The molecule has 0 radical (unpaired) electrons. The molecule has 0 saturated carbocycles. The van der Waals surface area contributed by atoms with Crippen LogP contribution in [0.25, 0.3) is 11.4 Å². The van der Waals surface area contributed by atoms with E-state index in [1.807, 2.05) is 24.3 Å². The number of thiocarbonyl (C=S) groups is 1. The quantitative estimate of drug-likeness (QED) is 0.490. The maximum atomic E-state index is 5.24. The minimum absolute atomic E-state index is 0.130. The molecule has 1 aromatic heterocycles. The highest BCUT2D eigenvalue weighted by Crippen LogP contribution is 2.15. The lowest BCUT2D eigenvalue weighted by Crippen LogP contribution is -2.23. The third kappa shape index (κ3) is 3.11. The largest absolute Gasteiger partial charge is 0.375 e. The SMILES string of the molecule is Cc1nc(-c2ccc(C=NNC(N)=S)cc2)no1. The number of rotatable bonds is 3. The van der Waals surface area contributed by atoms with Crippen molar-refractivity contribution < 1.29 is 4.52 Å². The van der Waals surface area contributed by atoms with Gasteiger partial charge in [0.1, 0.15) is 0 Å². The summed E-state index contributed by atoms with van der Waals surface area (Å²) in [6.45, 7) is 1.75. The standard InChI is InChI=1S/C11H11N5OS/c1-7-14-10(16-17-7)9-4-2-8(3-5-9)6-13-15-11(12)18/h2-6H,1H3,(H3,12,15,18). The van der Waals surface area contributed by atoms with Crippen LogP contribution in [0, 0.1) is 6.92 Å². The lowest BCUT2D eigenvalue weighted by atomic mass is 10.1. The van der Waals surface area contributed by atoms with Crippen LogP contribution in [0.3, 0.4) is 0 Å². The number of aryl methyl sites for hydroxylation is 1. The van der Waals surface area contributed by atoms with Gasteiger partial charge in [0.2, 0.25) is 11.7 Å². The van der Waals surface area contributed by atoms with Gasteiger partial charge in [0.05, 0.1) is 6.21 Å². The number of hydrogen-bond donors (Lipinski definition) is 2. The van der Waals surface area contributed by atoms with Gasteiger partial charge in [0, 0.05) is 12.5 Å². The lowest BCUT2D eigenvalue weighted by molar-refractivity contribution is 0.394. The minimum atomic E-state index is 0.130. The zero-order chi connectivity index (χ0) is 13.0. The van der Waals surface area contributed by atoms with Gasteiger partial charge in [0.25, 0.3) is 0 Å². The first-order chi connectivity index (χ1) is 8.65. The van der Waals surface area contributed by atoms with Gasteiger partial charge in [-0.1, -0.05) is 29.4 Å². The van der Waals surface area contributed by atoms with E-state index in [2.05, 4.69) is 32.9 Å². The van der Waals surface area contributed by atoms with Crippen LogP contribution in [0.15, 0.2) is 33.9 Å². The van der Waals surface area contributed by atoms with Crippen molar-refractivity contribution in [3.05, 3.63) is 35.7 Å². The number of aromatic nitrogens is 2. The molecule has 0 aliphatic heterocycles. The van der Waals surface area contributed by atoms with Gasteiger partial charge in [0.15, 0.2) is 5.11 Å². The molecule has 2 rings (SSSR count). The van der Waals surface area contributed by atoms with E-state index in [4.69, 9.17) is 10.3 Å². The van der Waals surface area contributed by atoms with Gasteiger partial charge >= 0.3 is 0 Å². The molecule has 6 nitrogen and oxygen atoms in total. The van der Waals surface area contributed by atoms with Crippen LogP contribution in [0.2, 0.25) is 0 Å². The second-order valence-corrected chi connectivity index (χ2v) is 3.93. The Balaban J connectivity index is 2.10. The number of nitrogens with one attached hydrogen (secondary N) is 1. The van der Waals surface area contributed by atoms with Crippen LogP contribution >= 0.6 is 12.2 Å². The number of nitrogens with two attached hydrogens (primary N) is 1. The summed E-state index contributed by atoms with van der Waals surface area (Å²) in [5.74, 6) is 1.11. The molecular weight excluding hydrogens is 250 g/mol. The van der Waals surface area contributed by atoms with Crippen LogP contribution in [-0.4, -0.2) is 21.5 Å². The fraction of sp³-hybridized carbons (Fsp3) is 0.0909. The van der Waals surface area contributed by atoms with Gasteiger partial charge in [-0.25, -0.2) is 0 Å². The van der Waals surface area contributed by atoms with Crippen molar-refractivity contribution in [1.82, 2.24) is 15.6 Å². The summed E-state index contributed by atoms with van der Waals surface area (Å²) in [4.78, 5) is 4.14. The van der Waals surface area contributed by atoms with E-state index in [-0.39, 0.29) is 5.11 Å². The highest BCUT2D eigenvalue weighted by molar-refractivity contribution is 7.80. The predicted molar refractivity (Wildman–Crippen MR) is 72.0 cm³/mol. The first-order valence-corrected chi connectivity index (χ1v) is 5.55. The summed E-state index contributed by atoms with van der Waals surface area (Å²) in [5, 5.41) is 7.82. The molecule has 0 saturated heterocycles. The van der Waals surface area contributed by atoms with Crippen LogP contribution in [-0.2, 0) is 0 Å². The Bertz CT molecular complexity index is 575. The van der Waals surface area contributed by atoms with E-state index < -0.39 is 0 Å². The normalized spacial score (nSPS) is 10.7. The van der Waals surface area contributed by atoms with Crippen LogP contribution in [0.5, 0.6) is 0 Å². The molecule has 0 aliphatic rings. The second kappa shape index (κ2) is 5.37. The summed E-state index contributed by atoms with van der Waals surface area (Å²) in [7, 11) is 0. The Morgan fingerprint density at radius 3 is 2.72 bits per heavy atom. The lowest BCUT2D eigenvalue weighted by Gasteiger charge is -1.97. The third-order valence-electron chi connectivity index (χ3n) is 2.08. The monoisotopic (exact) mass is 261 g/mol. The van der Waals surface area contributed by atoms with Crippen LogP contribution in [0.4, 0.5) is 0 Å². The summed E-state index contributed by atoms with van der Waals surface area (Å²) in [6.07, 6.45) is 1.62. The molecule has 0 bridgehead atoms. The highest BCUT2D eigenvalue weighted by atomic mass is 32.1. The molecule has 1 heterocycles. The molecule has 18 heavy (non-hydrogen) atoms. The molecule has 7 heteroatoms. The third-order valence-corrected chi connectivity index (χ3v) is 2.18. The molecule has 92 valence electrons. The van der Waals surface area contributed by atoms with E-state index in [9.17, 15) is 0 Å². The predicted octanol–water partition coefficient (Wildman–Crippen LogP) is 1.21. The first-order valence-electron chi connectivity index (χ1n) is 5.14. The van der Waals surface area contributed by atoms with Crippen molar-refractivity contribution in [2.24, 2.45) is 10.8 Å². The van der Waals surface area contributed by atoms with Crippen molar-refractivity contribution in [3.63, 3.8) is 0 Å². The van der Waals surface area contributed by atoms with Crippen molar-refractivity contribution >= 4 is 23.5 Å². The van der Waals surface area contributed by atoms with E-state index in [1.54, 1.807) is 13.1 Å². The molecule has 3 N–H and O–H groups in total. The number of hydrogen-bond acceptors (Lipinski definition) is 5. The Morgan fingerprint density at radius 1 is 1.44 bits per heavy atom. The number of hydrazone groups is 1. The van der Waals surface area contributed by atoms with Crippen LogP contribution in [0.1, 0.15) is 11.5 Å². The van der Waals surface area contributed by atoms with Crippen molar-refractivity contribution in [2.45, 2.75) is 6.92 Å². The molecular formula is C11H11N5OS. The Hall–Kier alpha value is -2.28. The molecule has 0 fully saturated rings. The molecule has 2 aromatic rings. The smallest absolute Gasteiger partial charge is 0.223 e. The fourth-order valence-electron chi connectivity index (χ4n) is 1.31. The maximum Gasteiger partial charge on any atom is 0.223 e. The zero-order valence-electron chi connectivity index (χ0n) is 9.62. The maximum absolute atomic E-state index is 5.24. The van der Waals surface area contributed by atoms with Gasteiger partial charge in [-0.2, -0.15) is 10.1 Å². The first kappa shape index (κ1) is 12.2. The number of nitrogens with zero attached hydrogens (tertiary/aromatic N) is 3. The molecule has 0 unspecified atom stereocenters. The number of benzene rings is 1. The molecule has 0 atom stereocenters. The van der Waals surface area contributed by atoms with Gasteiger partial charge in [-0.05, 0) is 17.8 Å². The van der Waals surface area contributed by atoms with Crippen molar-refractivity contribution in [1.29, 1.82) is 0 Å².